The van der Waals surface area contributed by atoms with E-state index in [4.69, 9.17) is 11.5 Å². The molecule has 1 aromatic rings. The molecule has 96 valence electrons. The monoisotopic (exact) mass is 242 g/mol. The molecule has 2 nitrogen and oxygen atoms in total. The Morgan fingerprint density at radius 2 is 1.94 bits per heavy atom. The molecule has 4 rings (SSSR count). The normalized spacial score (nSPS) is 39.9. The molecule has 3 aliphatic carbocycles. The van der Waals surface area contributed by atoms with Crippen LogP contribution in [0.1, 0.15) is 49.7 Å². The van der Waals surface area contributed by atoms with Gasteiger partial charge in [-0.05, 0) is 78.5 Å². The summed E-state index contributed by atoms with van der Waals surface area (Å²) < 4.78 is 0. The van der Waals surface area contributed by atoms with Gasteiger partial charge in [-0.25, -0.2) is 0 Å². The Labute approximate surface area is 109 Å². The predicted octanol–water partition coefficient (Wildman–Crippen LogP) is 3.32. The quantitative estimate of drug-likeness (QED) is 0.742. The highest BCUT2D eigenvalue weighted by Gasteiger charge is 2.60. The Bertz CT molecular complexity index is 522. The molecule has 4 atom stereocenters. The van der Waals surface area contributed by atoms with Crippen LogP contribution < -0.4 is 11.5 Å². The van der Waals surface area contributed by atoms with E-state index in [0.29, 0.717) is 5.41 Å². The highest BCUT2D eigenvalue weighted by molar-refractivity contribution is 5.67. The zero-order valence-corrected chi connectivity index (χ0v) is 11.1. The summed E-state index contributed by atoms with van der Waals surface area (Å²) in [7, 11) is 0. The van der Waals surface area contributed by atoms with Gasteiger partial charge in [0.2, 0.25) is 0 Å². The van der Waals surface area contributed by atoms with Gasteiger partial charge in [0.1, 0.15) is 0 Å². The van der Waals surface area contributed by atoms with Crippen molar-refractivity contribution >= 4 is 11.4 Å². The average Bonchev–Trinajstić information content (AvgIpc) is 2.57. The van der Waals surface area contributed by atoms with E-state index in [1.54, 1.807) is 0 Å². The fourth-order valence-electron chi connectivity index (χ4n) is 5.30. The predicted molar refractivity (Wildman–Crippen MR) is 75.3 cm³/mol. The summed E-state index contributed by atoms with van der Waals surface area (Å²) in [5.74, 6) is 2.64. The summed E-state index contributed by atoms with van der Waals surface area (Å²) in [4.78, 5) is 0. The second kappa shape index (κ2) is 3.23. The van der Waals surface area contributed by atoms with Crippen LogP contribution in [0.4, 0.5) is 11.4 Å². The van der Waals surface area contributed by atoms with Crippen molar-refractivity contribution in [2.75, 3.05) is 11.5 Å². The molecule has 2 fully saturated rings. The highest BCUT2D eigenvalue weighted by Crippen LogP contribution is 2.69. The van der Waals surface area contributed by atoms with Crippen molar-refractivity contribution in [3.05, 3.63) is 23.3 Å². The molecule has 0 saturated heterocycles. The minimum absolute atomic E-state index is 0.660. The summed E-state index contributed by atoms with van der Waals surface area (Å²) in [5, 5.41) is 0. The molecule has 3 aliphatic rings. The third-order valence-electron chi connectivity index (χ3n) is 6.30. The second-order valence-corrected chi connectivity index (χ2v) is 6.74. The SMILES string of the molecule is CCC12CC3CC1CC2Cc1cc(N)c(N)cc13. The molecular weight excluding hydrogens is 220 g/mol. The van der Waals surface area contributed by atoms with Crippen LogP contribution in [0, 0.1) is 17.3 Å². The van der Waals surface area contributed by atoms with E-state index < -0.39 is 0 Å². The van der Waals surface area contributed by atoms with Crippen molar-refractivity contribution in [1.29, 1.82) is 0 Å². The highest BCUT2D eigenvalue weighted by atomic mass is 14.7. The van der Waals surface area contributed by atoms with Crippen molar-refractivity contribution in [3.63, 3.8) is 0 Å². The van der Waals surface area contributed by atoms with Gasteiger partial charge < -0.3 is 11.5 Å². The summed E-state index contributed by atoms with van der Waals surface area (Å²) in [5.41, 5.74) is 17.2. The molecule has 0 radical (unpaired) electrons. The molecule has 1 aromatic carbocycles. The minimum atomic E-state index is 0.660. The van der Waals surface area contributed by atoms with Crippen molar-refractivity contribution < 1.29 is 0 Å². The number of nitrogen functional groups attached to an aromatic ring is 2. The maximum atomic E-state index is 6.01. The number of hydrogen-bond acceptors (Lipinski definition) is 2. The van der Waals surface area contributed by atoms with E-state index in [-0.39, 0.29) is 0 Å². The van der Waals surface area contributed by atoms with Crippen LogP contribution in [-0.2, 0) is 6.42 Å². The van der Waals surface area contributed by atoms with Gasteiger partial charge in [-0.2, -0.15) is 0 Å². The van der Waals surface area contributed by atoms with Gasteiger partial charge in [-0.1, -0.05) is 6.92 Å². The van der Waals surface area contributed by atoms with E-state index in [1.165, 1.54) is 43.2 Å². The van der Waals surface area contributed by atoms with Crippen molar-refractivity contribution in [3.8, 4) is 0 Å². The van der Waals surface area contributed by atoms with Crippen LogP contribution in [-0.4, -0.2) is 0 Å². The van der Waals surface area contributed by atoms with Crippen molar-refractivity contribution in [1.82, 2.24) is 0 Å². The van der Waals surface area contributed by atoms with Gasteiger partial charge >= 0.3 is 0 Å². The second-order valence-electron chi connectivity index (χ2n) is 6.74. The molecule has 18 heavy (non-hydrogen) atoms. The summed E-state index contributed by atoms with van der Waals surface area (Å²) in [6.07, 6.45) is 6.84. The third kappa shape index (κ3) is 1.10. The number of hydrogen-bond donors (Lipinski definition) is 2. The smallest absolute Gasteiger partial charge is 0.0550 e. The Morgan fingerprint density at radius 1 is 1.17 bits per heavy atom. The summed E-state index contributed by atoms with van der Waals surface area (Å²) in [6.45, 7) is 2.39. The molecule has 2 bridgehead atoms. The number of anilines is 2. The van der Waals surface area contributed by atoms with Crippen LogP contribution in [0.25, 0.3) is 0 Å². The van der Waals surface area contributed by atoms with Gasteiger partial charge in [0, 0.05) is 0 Å². The first kappa shape index (κ1) is 10.7. The molecule has 0 aromatic heterocycles. The average molecular weight is 242 g/mol. The summed E-state index contributed by atoms with van der Waals surface area (Å²) in [6, 6.07) is 4.33. The van der Waals surface area contributed by atoms with Crippen molar-refractivity contribution in [2.45, 2.75) is 44.9 Å². The topological polar surface area (TPSA) is 52.0 Å². The first-order valence-corrected chi connectivity index (χ1v) is 7.32. The molecular formula is C16H22N2. The van der Waals surface area contributed by atoms with E-state index in [0.717, 1.165) is 29.1 Å². The fourth-order valence-corrected chi connectivity index (χ4v) is 5.30. The molecule has 0 spiro atoms. The molecule has 4 N–H and O–H groups in total. The van der Waals surface area contributed by atoms with Crippen molar-refractivity contribution in [2.24, 2.45) is 17.3 Å². The molecule has 0 aliphatic heterocycles. The van der Waals surface area contributed by atoms with Gasteiger partial charge in [0.25, 0.3) is 0 Å². The lowest BCUT2D eigenvalue weighted by atomic mass is 9.52. The molecule has 0 heterocycles. The zero-order chi connectivity index (χ0) is 12.5. The maximum Gasteiger partial charge on any atom is 0.0550 e. The maximum absolute atomic E-state index is 6.01. The fraction of sp³-hybridized carbons (Fsp3) is 0.625. The van der Waals surface area contributed by atoms with E-state index in [2.05, 4.69) is 19.1 Å². The lowest BCUT2D eigenvalue weighted by molar-refractivity contribution is -0.0297. The Balaban J connectivity index is 1.85. The number of benzene rings is 1. The van der Waals surface area contributed by atoms with Crippen LogP contribution in [0.5, 0.6) is 0 Å². The first-order chi connectivity index (χ1) is 8.64. The van der Waals surface area contributed by atoms with E-state index in [9.17, 15) is 0 Å². The molecule has 0 amide bonds. The summed E-state index contributed by atoms with van der Waals surface area (Å²) >= 11 is 0. The number of fused-ring (bicyclic) bond motifs is 3. The van der Waals surface area contributed by atoms with Crippen LogP contribution in [0.15, 0.2) is 12.1 Å². The van der Waals surface area contributed by atoms with E-state index >= 15 is 0 Å². The van der Waals surface area contributed by atoms with Gasteiger partial charge in [0.05, 0.1) is 11.4 Å². The number of rotatable bonds is 1. The van der Waals surface area contributed by atoms with Gasteiger partial charge in [0.15, 0.2) is 0 Å². The largest absolute Gasteiger partial charge is 0.397 e. The molecule has 2 saturated carbocycles. The van der Waals surface area contributed by atoms with Gasteiger partial charge in [-0.3, -0.25) is 0 Å². The lowest BCUT2D eigenvalue weighted by Crippen LogP contribution is -2.46. The minimum Gasteiger partial charge on any atom is -0.397 e. The standard InChI is InChI=1S/C16H22N2/c1-2-16-8-10-4-12(16)6-11(16)3-9-5-14(17)15(18)7-13(9)10/h5,7,10-12H,2-4,6,8,17-18H2,1H3. The van der Waals surface area contributed by atoms with E-state index in [1.807, 2.05) is 0 Å². The Hall–Kier alpha value is -1.18. The lowest BCUT2D eigenvalue weighted by Gasteiger charge is -2.53. The van der Waals surface area contributed by atoms with Gasteiger partial charge in [-0.15, -0.1) is 0 Å². The molecule has 4 unspecified atom stereocenters. The number of nitrogens with two attached hydrogens (primary N) is 2. The Kier molecular flexibility index (Phi) is 1.92. The van der Waals surface area contributed by atoms with Crippen LogP contribution in [0.3, 0.4) is 0 Å². The third-order valence-corrected chi connectivity index (χ3v) is 6.30. The zero-order valence-electron chi connectivity index (χ0n) is 11.1. The Morgan fingerprint density at radius 3 is 2.72 bits per heavy atom. The molecule has 2 heteroatoms. The van der Waals surface area contributed by atoms with Crippen LogP contribution >= 0.6 is 0 Å². The first-order valence-electron chi connectivity index (χ1n) is 7.32. The van der Waals surface area contributed by atoms with Crippen LogP contribution in [0.2, 0.25) is 0 Å².